The van der Waals surface area contributed by atoms with Crippen LogP contribution in [0.4, 0.5) is 0 Å². The van der Waals surface area contributed by atoms with Crippen molar-refractivity contribution in [2.24, 2.45) is 12.5 Å². The smallest absolute Gasteiger partial charge is 0.290 e. The van der Waals surface area contributed by atoms with Crippen LogP contribution in [-0.2, 0) is 13.6 Å². The highest BCUT2D eigenvalue weighted by Crippen LogP contribution is 2.33. The number of aryl methyl sites for hydroxylation is 1. The van der Waals surface area contributed by atoms with Crippen molar-refractivity contribution in [2.45, 2.75) is 51.0 Å². The van der Waals surface area contributed by atoms with Gasteiger partial charge >= 0.3 is 5.69 Å². The van der Waals surface area contributed by atoms with E-state index in [0.717, 1.165) is 42.8 Å². The third-order valence-corrected chi connectivity index (χ3v) is 6.35. The molecule has 1 aliphatic rings. The van der Waals surface area contributed by atoms with Gasteiger partial charge in [0.05, 0.1) is 5.52 Å². The molecule has 7 heteroatoms. The molecule has 1 saturated heterocycles. The molecule has 0 aromatic carbocycles. The number of pyridine rings is 2. The van der Waals surface area contributed by atoms with Crippen LogP contribution in [0.1, 0.15) is 45.2 Å². The predicted octanol–water partition coefficient (Wildman–Crippen LogP) is 4.06. The van der Waals surface area contributed by atoms with Crippen molar-refractivity contribution in [3.63, 3.8) is 0 Å². The Bertz CT molecular complexity index is 1050. The van der Waals surface area contributed by atoms with Crippen molar-refractivity contribution in [3.05, 3.63) is 52.8 Å². The van der Waals surface area contributed by atoms with E-state index in [-0.39, 0.29) is 11.1 Å². The van der Waals surface area contributed by atoms with Crippen molar-refractivity contribution in [3.8, 4) is 0 Å². The van der Waals surface area contributed by atoms with Crippen molar-refractivity contribution in [1.82, 2.24) is 23.4 Å². The quantitative estimate of drug-likeness (QED) is 0.606. The molecular formula is C22H29N5OS. The van der Waals surface area contributed by atoms with Crippen LogP contribution in [0.3, 0.4) is 0 Å². The molecule has 0 N–H and O–H groups in total. The van der Waals surface area contributed by atoms with Gasteiger partial charge < -0.3 is 0 Å². The fraction of sp³-hybridized carbons (Fsp3) is 0.500. The summed E-state index contributed by atoms with van der Waals surface area (Å²) in [6, 6.07) is 8.27. The van der Waals surface area contributed by atoms with Gasteiger partial charge in [-0.2, -0.15) is 0 Å². The summed E-state index contributed by atoms with van der Waals surface area (Å²) in [6.45, 7) is 9.15. The van der Waals surface area contributed by atoms with E-state index in [1.165, 1.54) is 4.90 Å². The molecule has 1 aliphatic heterocycles. The molecule has 0 aliphatic carbocycles. The normalized spacial score (nSPS) is 18.4. The minimum atomic E-state index is 0.0111. The van der Waals surface area contributed by atoms with Crippen LogP contribution < -0.4 is 5.69 Å². The largest absolute Gasteiger partial charge is 0.330 e. The van der Waals surface area contributed by atoms with Crippen LogP contribution in [0.25, 0.3) is 11.2 Å². The van der Waals surface area contributed by atoms with E-state index in [9.17, 15) is 4.79 Å². The van der Waals surface area contributed by atoms with Gasteiger partial charge in [-0.25, -0.2) is 14.1 Å². The molecule has 1 fully saturated rings. The van der Waals surface area contributed by atoms with E-state index in [4.69, 9.17) is 4.98 Å². The van der Waals surface area contributed by atoms with Crippen molar-refractivity contribution >= 4 is 23.1 Å². The van der Waals surface area contributed by atoms with Crippen LogP contribution in [0.5, 0.6) is 0 Å². The molecule has 6 nitrogen and oxygen atoms in total. The Labute approximate surface area is 176 Å². The lowest BCUT2D eigenvalue weighted by Crippen LogP contribution is -2.29. The maximum atomic E-state index is 12.8. The molecule has 3 aromatic heterocycles. The minimum Gasteiger partial charge on any atom is -0.290 e. The van der Waals surface area contributed by atoms with Gasteiger partial charge in [-0.05, 0) is 54.5 Å². The SMILES string of the molecule is Cn1c(=O)n(CC(C)(C)C)c2ccc(C3CCCN(Sc4cccnc4)C3)nc21. The second-order valence-electron chi connectivity index (χ2n) is 9.07. The third-order valence-electron chi connectivity index (χ3n) is 5.31. The second kappa shape index (κ2) is 7.95. The molecular weight excluding hydrogens is 382 g/mol. The standard InChI is InChI=1S/C22H29N5OS/c1-22(2,3)15-27-19-10-9-18(24-20(19)25(4)21(27)28)16-7-6-12-26(14-16)29-17-8-5-11-23-13-17/h5,8-11,13,16H,6-7,12,14-15H2,1-4H3. The summed E-state index contributed by atoms with van der Waals surface area (Å²) in [7, 11) is 1.83. The highest BCUT2D eigenvalue weighted by molar-refractivity contribution is 7.97. The highest BCUT2D eigenvalue weighted by atomic mass is 32.2. The Morgan fingerprint density at radius 1 is 1.24 bits per heavy atom. The average molecular weight is 412 g/mol. The van der Waals surface area contributed by atoms with Gasteiger partial charge in [0.15, 0.2) is 5.65 Å². The van der Waals surface area contributed by atoms with Crippen LogP contribution in [0.2, 0.25) is 0 Å². The molecule has 0 bridgehead atoms. The summed E-state index contributed by atoms with van der Waals surface area (Å²) in [5.41, 5.74) is 2.83. The molecule has 4 heterocycles. The van der Waals surface area contributed by atoms with Gasteiger partial charge in [0.1, 0.15) is 0 Å². The first-order valence-corrected chi connectivity index (χ1v) is 11.0. The molecule has 0 radical (unpaired) electrons. The van der Waals surface area contributed by atoms with E-state index in [2.05, 4.69) is 48.3 Å². The van der Waals surface area contributed by atoms with Crippen LogP contribution >= 0.6 is 11.9 Å². The molecule has 0 amide bonds. The van der Waals surface area contributed by atoms with Crippen LogP contribution in [0.15, 0.2) is 46.3 Å². The number of piperidine rings is 1. The first-order valence-electron chi connectivity index (χ1n) is 10.2. The molecule has 3 aromatic rings. The molecule has 154 valence electrons. The lowest BCUT2D eigenvalue weighted by atomic mass is 9.95. The number of hydrogen-bond acceptors (Lipinski definition) is 5. The van der Waals surface area contributed by atoms with Gasteiger partial charge in [0, 0.05) is 55.6 Å². The van der Waals surface area contributed by atoms with Gasteiger partial charge in [-0.3, -0.25) is 14.1 Å². The zero-order valence-corrected chi connectivity index (χ0v) is 18.4. The van der Waals surface area contributed by atoms with E-state index in [1.807, 2.05) is 23.9 Å². The topological polar surface area (TPSA) is 56.0 Å². The Morgan fingerprint density at radius 3 is 2.79 bits per heavy atom. The summed E-state index contributed by atoms with van der Waals surface area (Å²) < 4.78 is 5.95. The zero-order valence-electron chi connectivity index (χ0n) is 17.6. The zero-order chi connectivity index (χ0) is 20.6. The van der Waals surface area contributed by atoms with E-state index in [1.54, 1.807) is 22.7 Å². The van der Waals surface area contributed by atoms with Crippen molar-refractivity contribution in [1.29, 1.82) is 0 Å². The van der Waals surface area contributed by atoms with Crippen LogP contribution in [-0.4, -0.2) is 36.5 Å². The number of hydrogen-bond donors (Lipinski definition) is 0. The van der Waals surface area contributed by atoms with E-state index in [0.29, 0.717) is 12.5 Å². The number of fused-ring (bicyclic) bond motifs is 1. The summed E-state index contributed by atoms with van der Waals surface area (Å²) in [4.78, 5) is 23.1. The Balaban J connectivity index is 1.59. The minimum absolute atomic E-state index is 0.0111. The first kappa shape index (κ1) is 20.2. The molecule has 1 atom stereocenters. The summed E-state index contributed by atoms with van der Waals surface area (Å²) >= 11 is 1.77. The molecule has 0 spiro atoms. The fourth-order valence-corrected chi connectivity index (χ4v) is 4.98. The lowest BCUT2D eigenvalue weighted by molar-refractivity contribution is 0.339. The number of imidazole rings is 1. The van der Waals surface area contributed by atoms with Gasteiger partial charge in [0.25, 0.3) is 0 Å². The van der Waals surface area contributed by atoms with Gasteiger partial charge in [0.2, 0.25) is 0 Å². The summed E-state index contributed by atoms with van der Waals surface area (Å²) in [5, 5.41) is 0. The summed E-state index contributed by atoms with van der Waals surface area (Å²) in [6.07, 6.45) is 5.98. The predicted molar refractivity (Wildman–Crippen MR) is 118 cm³/mol. The van der Waals surface area contributed by atoms with E-state index < -0.39 is 0 Å². The fourth-order valence-electron chi connectivity index (χ4n) is 3.96. The Hall–Kier alpha value is -2.12. The van der Waals surface area contributed by atoms with Crippen molar-refractivity contribution < 1.29 is 0 Å². The average Bonchev–Trinajstić information content (AvgIpc) is 2.92. The van der Waals surface area contributed by atoms with Crippen molar-refractivity contribution in [2.75, 3.05) is 13.1 Å². The summed E-state index contributed by atoms with van der Waals surface area (Å²) in [5.74, 6) is 0.374. The highest BCUT2D eigenvalue weighted by Gasteiger charge is 2.25. The van der Waals surface area contributed by atoms with Gasteiger partial charge in [-0.15, -0.1) is 0 Å². The van der Waals surface area contributed by atoms with E-state index >= 15 is 0 Å². The van der Waals surface area contributed by atoms with Gasteiger partial charge in [-0.1, -0.05) is 20.8 Å². The number of aromatic nitrogens is 4. The maximum Gasteiger partial charge on any atom is 0.330 e. The number of rotatable bonds is 4. The first-order chi connectivity index (χ1) is 13.8. The molecule has 0 saturated carbocycles. The lowest BCUT2D eigenvalue weighted by Gasteiger charge is -2.31. The Morgan fingerprint density at radius 2 is 2.07 bits per heavy atom. The second-order valence-corrected chi connectivity index (χ2v) is 10.2. The Kier molecular flexibility index (Phi) is 5.53. The van der Waals surface area contributed by atoms with Crippen LogP contribution in [0, 0.1) is 5.41 Å². The molecule has 4 rings (SSSR count). The number of nitrogens with zero attached hydrogens (tertiary/aromatic N) is 5. The monoisotopic (exact) mass is 411 g/mol. The molecule has 1 unspecified atom stereocenters. The third kappa shape index (κ3) is 4.41. The molecule has 29 heavy (non-hydrogen) atoms. The maximum absolute atomic E-state index is 12.8.